The van der Waals surface area contributed by atoms with E-state index >= 15 is 0 Å². The Hall–Kier alpha value is -1.35. The van der Waals surface area contributed by atoms with Gasteiger partial charge in [0.25, 0.3) is 0 Å². The average Bonchev–Trinajstić information content (AvgIpc) is 2.23. The zero-order valence-corrected chi connectivity index (χ0v) is 10.7. The van der Waals surface area contributed by atoms with Crippen LogP contribution in [-0.4, -0.2) is 23.7 Å². The first-order valence-electron chi connectivity index (χ1n) is 6.02. The zero-order valence-electron chi connectivity index (χ0n) is 10.7. The van der Waals surface area contributed by atoms with Crippen LogP contribution in [-0.2, 0) is 11.2 Å². The van der Waals surface area contributed by atoms with Crippen molar-refractivity contribution in [1.82, 2.24) is 5.32 Å². The van der Waals surface area contributed by atoms with Crippen molar-refractivity contribution in [1.29, 1.82) is 0 Å². The summed E-state index contributed by atoms with van der Waals surface area (Å²) in [6.45, 7) is 6.58. The van der Waals surface area contributed by atoms with Crippen LogP contribution in [0.15, 0.2) is 24.3 Å². The van der Waals surface area contributed by atoms with Crippen molar-refractivity contribution in [2.45, 2.75) is 33.2 Å². The number of hydrogen-bond acceptors (Lipinski definition) is 2. The molecule has 1 aromatic rings. The van der Waals surface area contributed by atoms with Crippen molar-refractivity contribution in [3.8, 4) is 0 Å². The summed E-state index contributed by atoms with van der Waals surface area (Å²) in [7, 11) is 0. The van der Waals surface area contributed by atoms with E-state index in [1.165, 1.54) is 11.1 Å². The van der Waals surface area contributed by atoms with Crippen molar-refractivity contribution in [2.24, 2.45) is 5.92 Å². The average molecular weight is 235 g/mol. The number of benzene rings is 1. The Morgan fingerprint density at radius 2 is 2.12 bits per heavy atom. The van der Waals surface area contributed by atoms with Crippen LogP contribution in [0.2, 0.25) is 0 Å². The molecular weight excluding hydrogens is 214 g/mol. The van der Waals surface area contributed by atoms with Gasteiger partial charge in [0.15, 0.2) is 0 Å². The second-order valence-corrected chi connectivity index (χ2v) is 4.75. The molecule has 3 nitrogen and oxygen atoms in total. The Bertz CT molecular complexity index is 374. The first-order chi connectivity index (χ1) is 8.00. The highest BCUT2D eigenvalue weighted by Crippen LogP contribution is 2.05. The number of aryl methyl sites for hydroxylation is 1. The largest absolute Gasteiger partial charge is 0.480 e. The first kappa shape index (κ1) is 13.7. The third kappa shape index (κ3) is 4.57. The fraction of sp³-hybridized carbons (Fsp3) is 0.500. The monoisotopic (exact) mass is 235 g/mol. The summed E-state index contributed by atoms with van der Waals surface area (Å²) in [6, 6.07) is 7.83. The minimum atomic E-state index is -0.774. The van der Waals surface area contributed by atoms with Gasteiger partial charge in [0.05, 0.1) is 0 Å². The molecule has 0 aliphatic heterocycles. The Morgan fingerprint density at radius 3 is 2.65 bits per heavy atom. The quantitative estimate of drug-likeness (QED) is 0.795. The SMILES string of the molecule is Cc1cccc(CCNC(C(=O)O)C(C)C)c1. The highest BCUT2D eigenvalue weighted by atomic mass is 16.4. The maximum atomic E-state index is 11.0. The minimum Gasteiger partial charge on any atom is -0.480 e. The summed E-state index contributed by atoms with van der Waals surface area (Å²) in [5.74, 6) is -0.672. The molecule has 0 saturated carbocycles. The molecule has 0 bridgehead atoms. The molecule has 0 fully saturated rings. The lowest BCUT2D eigenvalue weighted by atomic mass is 10.0. The predicted octanol–water partition coefficient (Wildman–Crippen LogP) is 2.24. The molecule has 3 heteroatoms. The lowest BCUT2D eigenvalue weighted by molar-refractivity contribution is -0.140. The molecular formula is C14H21NO2. The predicted molar refractivity (Wildman–Crippen MR) is 69.1 cm³/mol. The van der Waals surface area contributed by atoms with E-state index in [1.54, 1.807) is 0 Å². The number of rotatable bonds is 6. The van der Waals surface area contributed by atoms with E-state index in [2.05, 4.69) is 30.4 Å². The molecule has 1 rings (SSSR count). The van der Waals surface area contributed by atoms with E-state index in [1.807, 2.05) is 19.9 Å². The van der Waals surface area contributed by atoms with Crippen LogP contribution >= 0.6 is 0 Å². The van der Waals surface area contributed by atoms with Crippen LogP contribution in [0.4, 0.5) is 0 Å². The van der Waals surface area contributed by atoms with Gasteiger partial charge in [0.1, 0.15) is 6.04 Å². The van der Waals surface area contributed by atoms with Crippen LogP contribution < -0.4 is 5.32 Å². The van der Waals surface area contributed by atoms with Gasteiger partial charge in [-0.05, 0) is 31.4 Å². The van der Waals surface area contributed by atoms with Crippen molar-refractivity contribution in [3.05, 3.63) is 35.4 Å². The lowest BCUT2D eigenvalue weighted by Gasteiger charge is -2.17. The third-order valence-electron chi connectivity index (χ3n) is 2.79. The molecule has 2 N–H and O–H groups in total. The smallest absolute Gasteiger partial charge is 0.320 e. The molecule has 0 aliphatic carbocycles. The number of hydrogen-bond donors (Lipinski definition) is 2. The van der Waals surface area contributed by atoms with E-state index in [4.69, 9.17) is 5.11 Å². The van der Waals surface area contributed by atoms with Gasteiger partial charge >= 0.3 is 5.97 Å². The summed E-state index contributed by atoms with van der Waals surface area (Å²) in [6.07, 6.45) is 0.859. The Balaban J connectivity index is 2.44. The summed E-state index contributed by atoms with van der Waals surface area (Å²) in [5, 5.41) is 12.1. The summed E-state index contributed by atoms with van der Waals surface area (Å²) in [5.41, 5.74) is 2.48. The van der Waals surface area contributed by atoms with Gasteiger partial charge in [-0.2, -0.15) is 0 Å². The van der Waals surface area contributed by atoms with Crippen molar-refractivity contribution < 1.29 is 9.90 Å². The Kier molecular flexibility index (Phi) is 5.16. The molecule has 0 spiro atoms. The third-order valence-corrected chi connectivity index (χ3v) is 2.79. The van der Waals surface area contributed by atoms with Gasteiger partial charge in [-0.1, -0.05) is 43.7 Å². The normalized spacial score (nSPS) is 12.7. The molecule has 1 atom stereocenters. The molecule has 0 heterocycles. The number of carboxylic acid groups (broad SMARTS) is 1. The molecule has 94 valence electrons. The van der Waals surface area contributed by atoms with Crippen molar-refractivity contribution in [3.63, 3.8) is 0 Å². The Morgan fingerprint density at radius 1 is 1.41 bits per heavy atom. The van der Waals surface area contributed by atoms with Gasteiger partial charge < -0.3 is 10.4 Å². The molecule has 0 saturated heterocycles. The number of aliphatic carboxylic acids is 1. The highest BCUT2D eigenvalue weighted by molar-refractivity contribution is 5.73. The van der Waals surface area contributed by atoms with E-state index in [0.29, 0.717) is 6.54 Å². The summed E-state index contributed by atoms with van der Waals surface area (Å²) in [4.78, 5) is 11.0. The fourth-order valence-electron chi connectivity index (χ4n) is 1.85. The van der Waals surface area contributed by atoms with Crippen molar-refractivity contribution >= 4 is 5.97 Å². The van der Waals surface area contributed by atoms with E-state index in [9.17, 15) is 4.79 Å². The molecule has 17 heavy (non-hydrogen) atoms. The number of carbonyl (C=O) groups is 1. The molecule has 1 unspecified atom stereocenters. The fourth-order valence-corrected chi connectivity index (χ4v) is 1.85. The standard InChI is InChI=1S/C14H21NO2/c1-10(2)13(14(16)17)15-8-7-12-6-4-5-11(3)9-12/h4-6,9-10,13,15H,7-8H2,1-3H3,(H,16,17). The first-order valence-corrected chi connectivity index (χ1v) is 6.02. The molecule has 0 aliphatic rings. The van der Waals surface area contributed by atoms with Gasteiger partial charge in [0, 0.05) is 0 Å². The molecule has 0 amide bonds. The van der Waals surface area contributed by atoms with Crippen LogP contribution in [0.25, 0.3) is 0 Å². The van der Waals surface area contributed by atoms with Gasteiger partial charge in [-0.25, -0.2) is 0 Å². The number of carboxylic acids is 1. The van der Waals surface area contributed by atoms with Crippen LogP contribution in [0, 0.1) is 12.8 Å². The molecule has 0 aromatic heterocycles. The topological polar surface area (TPSA) is 49.3 Å². The van der Waals surface area contributed by atoms with E-state index in [-0.39, 0.29) is 5.92 Å². The number of nitrogens with one attached hydrogen (secondary N) is 1. The maximum Gasteiger partial charge on any atom is 0.320 e. The van der Waals surface area contributed by atoms with Crippen molar-refractivity contribution in [2.75, 3.05) is 6.54 Å². The van der Waals surface area contributed by atoms with Crippen LogP contribution in [0.1, 0.15) is 25.0 Å². The highest BCUT2D eigenvalue weighted by Gasteiger charge is 2.19. The van der Waals surface area contributed by atoms with Crippen LogP contribution in [0.5, 0.6) is 0 Å². The van der Waals surface area contributed by atoms with Gasteiger partial charge in [-0.15, -0.1) is 0 Å². The minimum absolute atomic E-state index is 0.102. The molecule has 1 aromatic carbocycles. The second-order valence-electron chi connectivity index (χ2n) is 4.75. The second kappa shape index (κ2) is 6.40. The van der Waals surface area contributed by atoms with E-state index in [0.717, 1.165) is 6.42 Å². The van der Waals surface area contributed by atoms with Gasteiger partial charge in [0.2, 0.25) is 0 Å². The Labute approximate surface area is 103 Å². The van der Waals surface area contributed by atoms with Crippen LogP contribution in [0.3, 0.4) is 0 Å². The maximum absolute atomic E-state index is 11.0. The lowest BCUT2D eigenvalue weighted by Crippen LogP contribution is -2.41. The zero-order chi connectivity index (χ0) is 12.8. The van der Waals surface area contributed by atoms with Gasteiger partial charge in [-0.3, -0.25) is 4.79 Å². The van der Waals surface area contributed by atoms with E-state index < -0.39 is 12.0 Å². The summed E-state index contributed by atoms with van der Waals surface area (Å²) < 4.78 is 0. The molecule has 0 radical (unpaired) electrons. The summed E-state index contributed by atoms with van der Waals surface area (Å²) >= 11 is 0.